The molecule has 0 spiro atoms. The van der Waals surface area contributed by atoms with Crippen molar-refractivity contribution in [2.24, 2.45) is 0 Å². The minimum absolute atomic E-state index is 0.386. The Bertz CT molecular complexity index is 3280. The number of benzene rings is 10. The van der Waals surface area contributed by atoms with Crippen molar-refractivity contribution < 1.29 is 4.42 Å². The number of rotatable bonds is 7. The fourth-order valence-electron chi connectivity index (χ4n) is 9.87. The van der Waals surface area contributed by atoms with Crippen LogP contribution in [0.25, 0.3) is 66.4 Å². The van der Waals surface area contributed by atoms with Crippen molar-refractivity contribution in [1.82, 2.24) is 0 Å². The molecule has 0 saturated heterocycles. The second-order valence-corrected chi connectivity index (χ2v) is 16.9. The molecule has 0 aliphatic heterocycles. The molecule has 64 heavy (non-hydrogen) atoms. The van der Waals surface area contributed by atoms with Gasteiger partial charge in [0.2, 0.25) is 0 Å². The number of hydrogen-bond donors (Lipinski definition) is 0. The van der Waals surface area contributed by atoms with Crippen LogP contribution in [0.3, 0.4) is 0 Å². The molecule has 0 amide bonds. The van der Waals surface area contributed by atoms with Gasteiger partial charge in [-0.3, -0.25) is 0 Å². The molecular formula is C63H46O. The zero-order valence-corrected chi connectivity index (χ0v) is 35.8. The van der Waals surface area contributed by atoms with Crippen molar-refractivity contribution in [3.05, 3.63) is 288 Å². The van der Waals surface area contributed by atoms with E-state index in [0.717, 1.165) is 39.5 Å². The lowest BCUT2D eigenvalue weighted by Crippen LogP contribution is -2.28. The van der Waals surface area contributed by atoms with E-state index in [9.17, 15) is 0 Å². The molecular weight excluding hydrogens is 773 g/mol. The summed E-state index contributed by atoms with van der Waals surface area (Å²) in [5, 5.41) is 2.31. The molecule has 1 heteroatoms. The first kappa shape index (κ1) is 38.9. The Hall–Kier alpha value is -8.00. The van der Waals surface area contributed by atoms with Gasteiger partial charge in [0.1, 0.15) is 11.2 Å². The van der Waals surface area contributed by atoms with Crippen LogP contribution in [-0.2, 0) is 11.8 Å². The van der Waals surface area contributed by atoms with Gasteiger partial charge in [-0.05, 0) is 91.7 Å². The largest absolute Gasteiger partial charge is 0.455 e. The fourth-order valence-corrected chi connectivity index (χ4v) is 9.87. The van der Waals surface area contributed by atoms with Crippen molar-refractivity contribution in [2.75, 3.05) is 0 Å². The van der Waals surface area contributed by atoms with Crippen molar-refractivity contribution in [2.45, 2.75) is 18.8 Å². The smallest absolute Gasteiger partial charge is 0.143 e. The van der Waals surface area contributed by atoms with Gasteiger partial charge in [0.15, 0.2) is 0 Å². The lowest BCUT2D eigenvalue weighted by atomic mass is 9.67. The van der Waals surface area contributed by atoms with Crippen LogP contribution < -0.4 is 0 Å². The zero-order valence-electron chi connectivity index (χ0n) is 35.8. The normalized spacial score (nSPS) is 13.8. The van der Waals surface area contributed by atoms with Crippen LogP contribution in [0.15, 0.2) is 253 Å². The molecule has 0 radical (unpaired) electrons. The summed E-state index contributed by atoms with van der Waals surface area (Å²) in [6.45, 7) is 2.19. The Morgan fingerprint density at radius 1 is 0.344 bits per heavy atom. The summed E-state index contributed by atoms with van der Waals surface area (Å²) in [5.74, 6) is 0. The first-order valence-electron chi connectivity index (χ1n) is 22.2. The van der Waals surface area contributed by atoms with Crippen molar-refractivity contribution in [3.8, 4) is 44.5 Å². The third-order valence-electron chi connectivity index (χ3n) is 13.0. The SMILES string of the molecule is Cc1ccc2c(c1)C(c1ccccc1)(c1ccc(-c3cccc4c3oc3ccccc34)cc1)c1ccccc1-2.c1ccc(-c2ccc(Cc3ccc(-c4ccccc4)cc3)cc2)cc1. The van der Waals surface area contributed by atoms with Crippen molar-refractivity contribution >= 4 is 21.9 Å². The highest BCUT2D eigenvalue weighted by Crippen LogP contribution is 2.56. The second-order valence-electron chi connectivity index (χ2n) is 16.9. The van der Waals surface area contributed by atoms with Crippen LogP contribution in [-0.4, -0.2) is 0 Å². The third-order valence-corrected chi connectivity index (χ3v) is 13.0. The zero-order chi connectivity index (χ0) is 42.9. The highest BCUT2D eigenvalue weighted by molar-refractivity contribution is 6.09. The summed E-state index contributed by atoms with van der Waals surface area (Å²) in [5.41, 5.74) is 20.6. The van der Waals surface area contributed by atoms with Crippen LogP contribution >= 0.6 is 0 Å². The average molecular weight is 819 g/mol. The van der Waals surface area contributed by atoms with Crippen molar-refractivity contribution in [1.29, 1.82) is 0 Å². The minimum atomic E-state index is -0.386. The summed E-state index contributed by atoms with van der Waals surface area (Å²) in [6.07, 6.45) is 0.962. The molecule has 1 heterocycles. The van der Waals surface area contributed by atoms with E-state index >= 15 is 0 Å². The Balaban J connectivity index is 0.000000158. The van der Waals surface area contributed by atoms with E-state index in [1.54, 1.807) is 0 Å². The predicted octanol–water partition coefficient (Wildman–Crippen LogP) is 16.5. The van der Waals surface area contributed by atoms with Gasteiger partial charge in [0, 0.05) is 16.3 Å². The van der Waals surface area contributed by atoms with E-state index in [1.807, 2.05) is 12.1 Å². The predicted molar refractivity (Wildman–Crippen MR) is 268 cm³/mol. The topological polar surface area (TPSA) is 13.1 Å². The van der Waals surface area contributed by atoms with Gasteiger partial charge in [-0.25, -0.2) is 0 Å². The quantitative estimate of drug-likeness (QED) is 0.156. The molecule has 304 valence electrons. The van der Waals surface area contributed by atoms with Gasteiger partial charge in [0.25, 0.3) is 0 Å². The summed E-state index contributed by atoms with van der Waals surface area (Å²) in [4.78, 5) is 0. The molecule has 12 rings (SSSR count). The molecule has 0 N–H and O–H groups in total. The first-order valence-corrected chi connectivity index (χ1v) is 22.2. The number of hydrogen-bond acceptors (Lipinski definition) is 1. The second kappa shape index (κ2) is 16.7. The lowest BCUT2D eigenvalue weighted by molar-refractivity contribution is 0.670. The van der Waals surface area contributed by atoms with Gasteiger partial charge in [-0.2, -0.15) is 0 Å². The third kappa shape index (κ3) is 7.02. The van der Waals surface area contributed by atoms with E-state index in [0.29, 0.717) is 0 Å². The van der Waals surface area contributed by atoms with Crippen LogP contribution in [0.5, 0.6) is 0 Å². The fraction of sp³-hybridized carbons (Fsp3) is 0.0476. The average Bonchev–Trinajstić information content (AvgIpc) is 3.89. The van der Waals surface area contributed by atoms with E-state index < -0.39 is 0 Å². The Labute approximate surface area is 375 Å². The van der Waals surface area contributed by atoms with Crippen LogP contribution in [0, 0.1) is 6.92 Å². The standard InChI is InChI=1S/C38H26O.C25H20/c1-25-18-23-31-30-12-5-7-16-34(30)38(35(31)24-25,27-10-3-2-4-11-27)28-21-19-26(20-22-28)29-14-9-15-33-32-13-6-8-17-36(32)39-37(29)33;1-3-7-22(8-4-1)24-15-11-20(12-16-24)19-21-13-17-25(18-14-21)23-9-5-2-6-10-23/h2-24H,1H3;1-18H,19H2. The van der Waals surface area contributed by atoms with Crippen LogP contribution in [0.2, 0.25) is 0 Å². The summed E-state index contributed by atoms with van der Waals surface area (Å²) < 4.78 is 6.36. The number of fused-ring (bicyclic) bond motifs is 6. The number of furan rings is 1. The molecule has 0 fully saturated rings. The molecule has 1 nitrogen and oxygen atoms in total. The molecule has 1 aliphatic rings. The maximum atomic E-state index is 6.36. The van der Waals surface area contributed by atoms with E-state index in [2.05, 4.69) is 244 Å². The van der Waals surface area contributed by atoms with Crippen molar-refractivity contribution in [3.63, 3.8) is 0 Å². The van der Waals surface area contributed by atoms with Crippen LogP contribution in [0.1, 0.15) is 38.9 Å². The molecule has 1 aliphatic carbocycles. The molecule has 11 aromatic rings. The molecule has 0 saturated carbocycles. The summed E-state index contributed by atoms with van der Waals surface area (Å²) in [7, 11) is 0. The summed E-state index contributed by atoms with van der Waals surface area (Å²) >= 11 is 0. The maximum Gasteiger partial charge on any atom is 0.143 e. The van der Waals surface area contributed by atoms with Gasteiger partial charge >= 0.3 is 0 Å². The van der Waals surface area contributed by atoms with Gasteiger partial charge in [-0.1, -0.05) is 248 Å². The van der Waals surface area contributed by atoms with E-state index in [-0.39, 0.29) is 5.41 Å². The van der Waals surface area contributed by atoms with E-state index in [4.69, 9.17) is 4.42 Å². The van der Waals surface area contributed by atoms with Gasteiger partial charge < -0.3 is 4.42 Å². The van der Waals surface area contributed by atoms with Crippen LogP contribution in [0.4, 0.5) is 0 Å². The van der Waals surface area contributed by atoms with Gasteiger partial charge in [0.05, 0.1) is 5.41 Å². The molecule has 1 atom stereocenters. The highest BCUT2D eigenvalue weighted by Gasteiger charge is 2.46. The highest BCUT2D eigenvalue weighted by atomic mass is 16.3. The van der Waals surface area contributed by atoms with Gasteiger partial charge in [-0.15, -0.1) is 0 Å². The molecule has 1 unspecified atom stereocenters. The number of aryl methyl sites for hydroxylation is 1. The van der Waals surface area contributed by atoms with E-state index in [1.165, 1.54) is 72.3 Å². The Morgan fingerprint density at radius 2 is 0.828 bits per heavy atom. The number of para-hydroxylation sites is 2. The monoisotopic (exact) mass is 818 g/mol. The summed E-state index contributed by atoms with van der Waals surface area (Å²) in [6, 6.07) is 89.4. The first-order chi connectivity index (χ1) is 31.6. The minimum Gasteiger partial charge on any atom is -0.455 e. The molecule has 1 aromatic heterocycles. The maximum absolute atomic E-state index is 6.36. The Morgan fingerprint density at radius 3 is 1.48 bits per heavy atom. The lowest BCUT2D eigenvalue weighted by Gasteiger charge is -2.34. The molecule has 10 aromatic carbocycles. The molecule has 0 bridgehead atoms. The Kier molecular flexibility index (Phi) is 10.1.